The summed E-state index contributed by atoms with van der Waals surface area (Å²) in [5.41, 5.74) is 12.7. The van der Waals surface area contributed by atoms with E-state index >= 15 is 0 Å². The Hall–Kier alpha value is -3.79. The quantitative estimate of drug-likeness (QED) is 0.0134. The van der Waals surface area contributed by atoms with Crippen LogP contribution in [0.3, 0.4) is 0 Å². The van der Waals surface area contributed by atoms with Crippen molar-refractivity contribution in [2.24, 2.45) is 5.73 Å². The molecular formula is C43H59N6O20P3S4. The number of aromatic nitrogens is 2. The number of nitrogens with two attached hydrogens (primary N) is 2. The lowest BCUT2D eigenvalue weighted by Crippen LogP contribution is -2.31. The molecule has 26 nitrogen and oxygen atoms in total. The minimum Gasteiger partial charge on any atom is -0.462 e. The highest BCUT2D eigenvalue weighted by atomic mass is 33.1. The van der Waals surface area contributed by atoms with E-state index in [4.69, 9.17) is 49.5 Å². The molecule has 420 valence electrons. The molecule has 33 heteroatoms. The third kappa shape index (κ3) is 22.2. The lowest BCUT2D eigenvalue weighted by Gasteiger charge is -2.22. The van der Waals surface area contributed by atoms with Crippen molar-refractivity contribution < 1.29 is 89.3 Å². The molecule has 1 aromatic heterocycles. The van der Waals surface area contributed by atoms with Crippen molar-refractivity contribution in [2.75, 3.05) is 76.3 Å². The normalized spacial score (nSPS) is 17.8. The minimum absolute atomic E-state index is 0.00790. The zero-order valence-corrected chi connectivity index (χ0v) is 47.3. The van der Waals surface area contributed by atoms with Crippen LogP contribution in [0.4, 0.5) is 11.5 Å². The molecule has 5 unspecified atom stereocenters. The van der Waals surface area contributed by atoms with Gasteiger partial charge in [0.2, 0.25) is 11.8 Å². The van der Waals surface area contributed by atoms with Gasteiger partial charge in [-0.3, -0.25) is 18.7 Å². The first-order valence-corrected chi connectivity index (χ1v) is 32.5. The number of benzene rings is 2. The van der Waals surface area contributed by atoms with E-state index in [1.165, 1.54) is 55.4 Å². The van der Waals surface area contributed by atoms with E-state index in [2.05, 4.69) is 36.1 Å². The van der Waals surface area contributed by atoms with Gasteiger partial charge in [-0.25, -0.2) is 28.1 Å². The number of nitrogen functional groups attached to an aromatic ring is 1. The summed E-state index contributed by atoms with van der Waals surface area (Å²) in [6.45, 7) is 3.75. The summed E-state index contributed by atoms with van der Waals surface area (Å²) in [5, 5.41) is 5.09. The van der Waals surface area contributed by atoms with Crippen molar-refractivity contribution in [1.29, 1.82) is 0 Å². The van der Waals surface area contributed by atoms with Gasteiger partial charge < -0.3 is 65.4 Å². The topological polar surface area (TPSA) is 385 Å². The van der Waals surface area contributed by atoms with Crippen LogP contribution >= 0.6 is 66.6 Å². The van der Waals surface area contributed by atoms with E-state index in [9.17, 15) is 47.5 Å². The molecule has 2 amide bonds. The Kier molecular flexibility index (Phi) is 27.0. The van der Waals surface area contributed by atoms with Crippen LogP contribution in [-0.2, 0) is 60.1 Å². The highest BCUT2D eigenvalue weighted by molar-refractivity contribution is 8.76. The van der Waals surface area contributed by atoms with Gasteiger partial charge in [0.1, 0.15) is 30.9 Å². The highest BCUT2D eigenvalue weighted by Crippen LogP contribution is 2.66. The number of carbonyl (C=O) groups is 4. The Labute approximate surface area is 453 Å². The first-order chi connectivity index (χ1) is 36.0. The van der Waals surface area contributed by atoms with Gasteiger partial charge in [-0.05, 0) is 74.6 Å². The molecule has 1 aliphatic heterocycles. The summed E-state index contributed by atoms with van der Waals surface area (Å²) in [7, 11) is -11.3. The van der Waals surface area contributed by atoms with Gasteiger partial charge in [-0.15, -0.1) is 0 Å². The molecule has 2 heterocycles. The Morgan fingerprint density at radius 2 is 1.57 bits per heavy atom. The molecule has 0 radical (unpaired) electrons. The fourth-order valence-electron chi connectivity index (χ4n) is 6.86. The molecule has 4 rings (SSSR count). The van der Waals surface area contributed by atoms with Gasteiger partial charge in [-0.1, -0.05) is 73.2 Å². The van der Waals surface area contributed by atoms with Crippen molar-refractivity contribution >= 4 is 102 Å². The summed E-state index contributed by atoms with van der Waals surface area (Å²) in [5.74, 6) is 2.99. The van der Waals surface area contributed by atoms with Crippen molar-refractivity contribution in [3.63, 3.8) is 0 Å². The number of phosphoric acid groups is 3. The Morgan fingerprint density at radius 1 is 0.882 bits per heavy atom. The minimum atomic E-state index is -5.89. The molecule has 0 saturated carbocycles. The molecule has 10 N–H and O–H groups in total. The van der Waals surface area contributed by atoms with Crippen molar-refractivity contribution in [2.45, 2.75) is 68.5 Å². The second-order valence-corrected chi connectivity index (χ2v) is 25.8. The average Bonchev–Trinajstić information content (AvgIpc) is 3.74. The van der Waals surface area contributed by atoms with E-state index in [1.54, 1.807) is 36.4 Å². The zero-order chi connectivity index (χ0) is 56.1. The van der Waals surface area contributed by atoms with Crippen molar-refractivity contribution in [3.05, 3.63) is 87.0 Å². The fraction of sp³-hybridized carbons (Fsp3) is 0.488. The van der Waals surface area contributed by atoms with E-state index in [-0.39, 0.29) is 78.5 Å². The highest BCUT2D eigenvalue weighted by Gasteiger charge is 2.45. The van der Waals surface area contributed by atoms with Crippen molar-refractivity contribution in [3.8, 4) is 11.8 Å². The van der Waals surface area contributed by atoms with Gasteiger partial charge in [-0.2, -0.15) is 13.6 Å². The number of nitrogens with zero attached hydrogens (tertiary/aromatic N) is 2. The Morgan fingerprint density at radius 3 is 2.26 bits per heavy atom. The van der Waals surface area contributed by atoms with Gasteiger partial charge >= 0.3 is 41.1 Å². The molecule has 2 aromatic carbocycles. The van der Waals surface area contributed by atoms with Crippen LogP contribution in [0.5, 0.6) is 0 Å². The van der Waals surface area contributed by atoms with Gasteiger partial charge in [0.25, 0.3) is 0 Å². The maximum absolute atomic E-state index is 13.7. The monoisotopic (exact) mass is 1200 g/mol. The van der Waals surface area contributed by atoms with Gasteiger partial charge in [0.15, 0.2) is 0 Å². The second kappa shape index (κ2) is 31.7. The molecule has 1 fully saturated rings. The first-order valence-electron chi connectivity index (χ1n) is 22.7. The molecule has 76 heavy (non-hydrogen) atoms. The van der Waals surface area contributed by atoms with E-state index in [0.29, 0.717) is 55.0 Å². The summed E-state index contributed by atoms with van der Waals surface area (Å²) < 4.78 is 76.9. The van der Waals surface area contributed by atoms with E-state index in [0.717, 1.165) is 4.57 Å². The summed E-state index contributed by atoms with van der Waals surface area (Å²) in [4.78, 5) is 107. The summed E-state index contributed by atoms with van der Waals surface area (Å²) >= 11 is 0. The van der Waals surface area contributed by atoms with E-state index < -0.39 is 66.1 Å². The SMILES string of the molecule is CSSC(C)c1cc(NC(=O)COCCOCCN)ccc1C(=O)OCCCCC(=O)NCC#Cc1cn([C@H]2CC(OC(=O)c3ccccc3C(C)SSC)[C@@H](COP(=O)(O)OP(=O)(O)OP(=O)(O)O)O2)c(=O)nc1N. The number of unbranched alkanes of at least 4 members (excludes halogenated alkanes) is 1. The largest absolute Gasteiger partial charge is 0.490 e. The van der Waals surface area contributed by atoms with E-state index in [1.807, 2.05) is 26.4 Å². The zero-order valence-electron chi connectivity index (χ0n) is 41.3. The molecule has 1 aliphatic rings. The summed E-state index contributed by atoms with van der Waals surface area (Å²) in [6, 6.07) is 11.5. The van der Waals surface area contributed by atoms with Crippen LogP contribution in [-0.4, -0.2) is 130 Å². The molecular weight excluding hydrogens is 1140 g/mol. The molecule has 7 atom stereocenters. The number of esters is 2. The number of ether oxygens (including phenoxy) is 5. The molecule has 0 aliphatic carbocycles. The maximum atomic E-state index is 13.7. The second-order valence-electron chi connectivity index (χ2n) is 15.8. The molecule has 0 spiro atoms. The molecule has 1 saturated heterocycles. The number of amides is 2. The number of nitrogens with one attached hydrogen (secondary N) is 2. The lowest BCUT2D eigenvalue weighted by atomic mass is 10.0. The van der Waals surface area contributed by atoms with Crippen LogP contribution in [0.2, 0.25) is 0 Å². The number of carbonyl (C=O) groups excluding carboxylic acids is 4. The lowest BCUT2D eigenvalue weighted by molar-refractivity contribution is -0.121. The number of phosphoric ester groups is 1. The van der Waals surface area contributed by atoms with Crippen LogP contribution in [0.25, 0.3) is 0 Å². The van der Waals surface area contributed by atoms with Crippen LogP contribution in [0, 0.1) is 11.8 Å². The third-order valence-corrected chi connectivity index (χ3v) is 18.3. The van der Waals surface area contributed by atoms with Gasteiger partial charge in [0.05, 0.1) is 56.3 Å². The maximum Gasteiger partial charge on any atom is 0.490 e. The predicted octanol–water partition coefficient (Wildman–Crippen LogP) is 5.25. The first kappa shape index (κ1) is 64.7. The number of anilines is 2. The number of hydrogen-bond donors (Lipinski definition) is 8. The Balaban J connectivity index is 1.36. The summed E-state index contributed by atoms with van der Waals surface area (Å²) in [6.07, 6.45) is 1.24. The standard InChI is InChI=1S/C43H59N6O20P3S4/c1-27(75-73-3)31-11-5-6-12-32(31)42(53)67-35-23-39(66-36(35)25-65-71(58,59)69-72(60,61)68-70(55,56)57)49-24-29(40(45)48-43(49)54)10-9-17-46-37(50)13-7-8-18-64-41(52)33-15-14-30(22-34(33)28(2)76-74-4)47-38(51)26-63-21-20-62-19-16-44/h5-6,11-12,14-15,22,24,27-28,35-36,39H,7-8,13,16-21,23,25-26,44H2,1-4H3,(H,46,50)(H,47,51)(H,58,59)(H,60,61)(H2,45,48,54)(H2,55,56,57)/t27?,28?,35?,36-,39-/m1/s1. The Bertz CT molecular complexity index is 2750. The smallest absolute Gasteiger partial charge is 0.462 e. The third-order valence-electron chi connectivity index (χ3n) is 10.1. The fourth-order valence-corrected chi connectivity index (χ4v) is 13.4. The van der Waals surface area contributed by atoms with Crippen LogP contribution in [0.15, 0.2) is 53.5 Å². The van der Waals surface area contributed by atoms with Gasteiger partial charge in [0, 0.05) is 41.8 Å². The predicted molar refractivity (Wildman–Crippen MR) is 286 cm³/mol. The van der Waals surface area contributed by atoms with Crippen molar-refractivity contribution in [1.82, 2.24) is 14.9 Å². The van der Waals surface area contributed by atoms with Crippen LogP contribution in [0.1, 0.15) is 93.7 Å². The molecule has 3 aromatic rings. The van der Waals surface area contributed by atoms with Crippen LogP contribution < -0.4 is 27.8 Å². The molecule has 0 bridgehead atoms. The average molecular weight is 1200 g/mol. The number of rotatable bonds is 31. The number of hydrogen-bond acceptors (Lipinski definition) is 23.